The summed E-state index contributed by atoms with van der Waals surface area (Å²) < 4.78 is 4.80. The van der Waals surface area contributed by atoms with Crippen molar-refractivity contribution in [1.82, 2.24) is 0 Å². The predicted molar refractivity (Wildman–Crippen MR) is 46.5 cm³/mol. The van der Waals surface area contributed by atoms with E-state index in [1.807, 2.05) is 0 Å². The summed E-state index contributed by atoms with van der Waals surface area (Å²) in [5, 5.41) is 9.34. The largest absolute Gasteiger partial charge is 0.457 e. The number of aliphatic hydroxyl groups is 1. The van der Waals surface area contributed by atoms with E-state index in [4.69, 9.17) is 21.4 Å². The average Bonchev–Trinajstić information content (AvgIpc) is 2.50. The van der Waals surface area contributed by atoms with Gasteiger partial charge >= 0.3 is 5.97 Å². The molecule has 1 aliphatic heterocycles. The van der Waals surface area contributed by atoms with Crippen molar-refractivity contribution in [2.24, 2.45) is 0 Å². The minimum absolute atomic E-state index is 0.125. The smallest absolute Gasteiger partial charge is 0.338 e. The van der Waals surface area contributed by atoms with Gasteiger partial charge in [0.05, 0.1) is 17.2 Å². The summed E-state index contributed by atoms with van der Waals surface area (Å²) in [5.41, 5.74) is 1.80. The summed E-state index contributed by atoms with van der Waals surface area (Å²) >= 11 is 5.93. The number of benzene rings is 1. The van der Waals surface area contributed by atoms with Crippen LogP contribution in [0.25, 0.3) is 0 Å². The first-order chi connectivity index (χ1) is 6.24. The fourth-order valence-corrected chi connectivity index (χ4v) is 1.62. The van der Waals surface area contributed by atoms with E-state index in [2.05, 4.69) is 0 Å². The Labute approximate surface area is 79.9 Å². The van der Waals surface area contributed by atoms with Crippen molar-refractivity contribution in [2.75, 3.05) is 0 Å². The molecular formula is C9H7ClO3. The fourth-order valence-electron chi connectivity index (χ4n) is 1.34. The van der Waals surface area contributed by atoms with Crippen molar-refractivity contribution < 1.29 is 14.6 Å². The Morgan fingerprint density at radius 2 is 2.31 bits per heavy atom. The third kappa shape index (κ3) is 1.20. The average molecular weight is 199 g/mol. The molecule has 0 unspecified atom stereocenters. The van der Waals surface area contributed by atoms with Crippen LogP contribution in [0.5, 0.6) is 0 Å². The van der Waals surface area contributed by atoms with E-state index in [1.54, 1.807) is 12.1 Å². The maximum Gasteiger partial charge on any atom is 0.338 e. The third-order valence-corrected chi connectivity index (χ3v) is 2.53. The molecule has 0 saturated heterocycles. The molecule has 2 rings (SSSR count). The molecule has 1 aromatic rings. The molecule has 0 fully saturated rings. The van der Waals surface area contributed by atoms with Crippen molar-refractivity contribution in [1.29, 1.82) is 0 Å². The van der Waals surface area contributed by atoms with Crippen LogP contribution >= 0.6 is 11.6 Å². The molecule has 0 aromatic heterocycles. The second-order valence-corrected chi connectivity index (χ2v) is 3.18. The van der Waals surface area contributed by atoms with Gasteiger partial charge in [0.25, 0.3) is 0 Å². The molecule has 68 valence electrons. The highest BCUT2D eigenvalue weighted by molar-refractivity contribution is 6.32. The summed E-state index contributed by atoms with van der Waals surface area (Å²) in [5.74, 6) is -0.346. The lowest BCUT2D eigenvalue weighted by atomic mass is 10.1. The van der Waals surface area contributed by atoms with Crippen LogP contribution in [0.4, 0.5) is 0 Å². The van der Waals surface area contributed by atoms with Gasteiger partial charge in [0.2, 0.25) is 0 Å². The molecule has 13 heavy (non-hydrogen) atoms. The lowest BCUT2D eigenvalue weighted by Crippen LogP contribution is -1.95. The zero-order valence-corrected chi connectivity index (χ0v) is 7.47. The van der Waals surface area contributed by atoms with Gasteiger partial charge in [-0.05, 0) is 11.6 Å². The number of halogens is 1. The van der Waals surface area contributed by atoms with Crippen LogP contribution in [0.3, 0.4) is 0 Å². The molecule has 1 aliphatic rings. The Balaban J connectivity index is 2.60. The molecule has 0 radical (unpaired) electrons. The van der Waals surface area contributed by atoms with Crippen molar-refractivity contribution in [3.8, 4) is 0 Å². The van der Waals surface area contributed by atoms with Gasteiger partial charge < -0.3 is 9.84 Å². The van der Waals surface area contributed by atoms with Crippen LogP contribution < -0.4 is 0 Å². The highest BCUT2D eigenvalue weighted by Crippen LogP contribution is 2.30. The van der Waals surface area contributed by atoms with E-state index in [0.717, 1.165) is 0 Å². The van der Waals surface area contributed by atoms with Crippen LogP contribution in [0.15, 0.2) is 12.1 Å². The number of carbonyl (C=O) groups is 1. The number of carbonyl (C=O) groups excluding carboxylic acids is 1. The van der Waals surface area contributed by atoms with Crippen LogP contribution in [-0.2, 0) is 18.0 Å². The molecule has 3 nitrogen and oxygen atoms in total. The molecule has 4 heteroatoms. The van der Waals surface area contributed by atoms with E-state index in [0.29, 0.717) is 21.7 Å². The molecule has 1 aromatic carbocycles. The molecule has 0 saturated carbocycles. The first-order valence-corrected chi connectivity index (χ1v) is 4.20. The number of hydrogen-bond donors (Lipinski definition) is 1. The van der Waals surface area contributed by atoms with Gasteiger partial charge in [0, 0.05) is 5.56 Å². The molecule has 0 amide bonds. The van der Waals surface area contributed by atoms with E-state index in [9.17, 15) is 4.79 Å². The highest BCUT2D eigenvalue weighted by atomic mass is 35.5. The van der Waals surface area contributed by atoms with Crippen molar-refractivity contribution in [3.63, 3.8) is 0 Å². The van der Waals surface area contributed by atoms with Crippen LogP contribution in [-0.4, -0.2) is 11.1 Å². The molecule has 0 bridgehead atoms. The Kier molecular flexibility index (Phi) is 1.98. The summed E-state index contributed by atoms with van der Waals surface area (Å²) in [7, 11) is 0. The zero-order chi connectivity index (χ0) is 9.42. The fraction of sp³-hybridized carbons (Fsp3) is 0.222. The van der Waals surface area contributed by atoms with Crippen LogP contribution in [0.1, 0.15) is 21.5 Å². The highest BCUT2D eigenvalue weighted by Gasteiger charge is 2.24. The van der Waals surface area contributed by atoms with Crippen molar-refractivity contribution in [3.05, 3.63) is 33.8 Å². The molecule has 0 atom stereocenters. The maximum absolute atomic E-state index is 11.1. The quantitative estimate of drug-likeness (QED) is 0.696. The maximum atomic E-state index is 11.1. The molecule has 1 N–H and O–H groups in total. The van der Waals surface area contributed by atoms with Gasteiger partial charge in [0.15, 0.2) is 0 Å². The zero-order valence-electron chi connectivity index (χ0n) is 6.71. The minimum Gasteiger partial charge on any atom is -0.457 e. The summed E-state index contributed by atoms with van der Waals surface area (Å²) in [6.07, 6.45) is 0. The van der Waals surface area contributed by atoms with E-state index < -0.39 is 0 Å². The standard InChI is InChI=1S/C9H7ClO3/c10-8-5(3-11)1-2-6-7(8)4-13-9(6)12/h1-2,11H,3-4H2. The number of rotatable bonds is 1. The summed E-state index contributed by atoms with van der Waals surface area (Å²) in [6.45, 7) is 0.0845. The molecular weight excluding hydrogens is 192 g/mol. The Morgan fingerprint density at radius 1 is 1.54 bits per heavy atom. The predicted octanol–water partition coefficient (Wildman–Crippen LogP) is 1.50. The van der Waals surface area contributed by atoms with Crippen molar-refractivity contribution in [2.45, 2.75) is 13.2 Å². The SMILES string of the molecule is O=C1OCc2c1ccc(CO)c2Cl. The Morgan fingerprint density at radius 3 is 3.00 bits per heavy atom. The third-order valence-electron chi connectivity index (χ3n) is 2.06. The van der Waals surface area contributed by atoms with Gasteiger partial charge in [-0.25, -0.2) is 4.79 Å². The topological polar surface area (TPSA) is 46.5 Å². The van der Waals surface area contributed by atoms with E-state index in [1.165, 1.54) is 0 Å². The Hall–Kier alpha value is -1.06. The van der Waals surface area contributed by atoms with Crippen LogP contribution in [0.2, 0.25) is 5.02 Å². The lowest BCUT2D eigenvalue weighted by Gasteiger charge is -2.02. The normalized spacial score (nSPS) is 14.2. The monoisotopic (exact) mass is 198 g/mol. The molecule has 1 heterocycles. The van der Waals surface area contributed by atoms with E-state index >= 15 is 0 Å². The van der Waals surface area contributed by atoms with Crippen molar-refractivity contribution >= 4 is 17.6 Å². The molecule has 0 aliphatic carbocycles. The van der Waals surface area contributed by atoms with Gasteiger partial charge in [-0.3, -0.25) is 0 Å². The second kappa shape index (κ2) is 3.01. The second-order valence-electron chi connectivity index (χ2n) is 2.80. The number of ether oxygens (including phenoxy) is 1. The number of hydrogen-bond acceptors (Lipinski definition) is 3. The van der Waals surface area contributed by atoms with Gasteiger partial charge in [0.1, 0.15) is 6.61 Å². The first-order valence-electron chi connectivity index (χ1n) is 3.82. The van der Waals surface area contributed by atoms with Gasteiger partial charge in [-0.1, -0.05) is 17.7 Å². The number of fused-ring (bicyclic) bond motifs is 1. The first kappa shape index (κ1) is 8.53. The Bertz CT molecular complexity index is 373. The van der Waals surface area contributed by atoms with Crippen LogP contribution in [0, 0.1) is 0 Å². The number of cyclic esters (lactones) is 1. The molecule has 0 spiro atoms. The summed E-state index contributed by atoms with van der Waals surface area (Å²) in [6, 6.07) is 3.26. The minimum atomic E-state index is -0.346. The van der Waals surface area contributed by atoms with E-state index in [-0.39, 0.29) is 19.2 Å². The van der Waals surface area contributed by atoms with Gasteiger partial charge in [-0.15, -0.1) is 0 Å². The number of esters is 1. The number of aliphatic hydroxyl groups excluding tert-OH is 1. The summed E-state index contributed by atoms with van der Waals surface area (Å²) in [4.78, 5) is 11.1. The lowest BCUT2D eigenvalue weighted by molar-refractivity contribution is 0.0535. The van der Waals surface area contributed by atoms with Gasteiger partial charge in [-0.2, -0.15) is 0 Å².